The quantitative estimate of drug-likeness (QED) is 0.354. The Morgan fingerprint density at radius 2 is 1.61 bits per heavy atom. The third-order valence-electron chi connectivity index (χ3n) is 5.55. The summed E-state index contributed by atoms with van der Waals surface area (Å²) in [6, 6.07) is 18.4. The molecule has 0 aromatic heterocycles. The molecule has 0 radical (unpaired) electrons. The lowest BCUT2D eigenvalue weighted by Crippen LogP contribution is -2.44. The van der Waals surface area contributed by atoms with Gasteiger partial charge in [-0.15, -0.1) is 0 Å². The van der Waals surface area contributed by atoms with Crippen molar-refractivity contribution in [3.05, 3.63) is 65.7 Å². The molecule has 0 saturated heterocycles. The number of benzene rings is 2. The molecule has 2 rings (SSSR count). The molecule has 0 aliphatic heterocycles. The lowest BCUT2D eigenvalue weighted by molar-refractivity contribution is -0.109. The number of aldehydes is 1. The third kappa shape index (κ3) is 6.92. The van der Waals surface area contributed by atoms with Crippen LogP contribution in [0.1, 0.15) is 44.7 Å². The maximum Gasteiger partial charge on any atom is 0.192 e. The fourth-order valence-electron chi connectivity index (χ4n) is 2.75. The van der Waals surface area contributed by atoms with Crippen molar-refractivity contribution in [3.63, 3.8) is 0 Å². The molecule has 0 unspecified atom stereocenters. The Balaban J connectivity index is 1.88. The van der Waals surface area contributed by atoms with E-state index in [1.807, 2.05) is 30.3 Å². The van der Waals surface area contributed by atoms with Crippen molar-refractivity contribution in [2.24, 2.45) is 0 Å². The molecule has 0 bridgehead atoms. The summed E-state index contributed by atoms with van der Waals surface area (Å²) >= 11 is 0. The van der Waals surface area contributed by atoms with Crippen molar-refractivity contribution in [1.29, 1.82) is 0 Å². The van der Waals surface area contributed by atoms with Crippen LogP contribution in [0.3, 0.4) is 0 Å². The number of carbonyl (C=O) groups is 1. The first-order chi connectivity index (χ1) is 13.2. The summed E-state index contributed by atoms with van der Waals surface area (Å²) in [5.74, 6) is 0.870. The summed E-state index contributed by atoms with van der Waals surface area (Å²) < 4.78 is 12.3. The molecular formula is C24H34O3Si. The highest BCUT2D eigenvalue weighted by Gasteiger charge is 2.38. The molecule has 0 spiro atoms. The number of carbonyl (C=O) groups excluding carboxylic acids is 1. The predicted octanol–water partition coefficient (Wildman–Crippen LogP) is 6.18. The van der Waals surface area contributed by atoms with Gasteiger partial charge in [-0.05, 0) is 54.2 Å². The first kappa shape index (κ1) is 22.4. The van der Waals surface area contributed by atoms with Crippen LogP contribution in [-0.4, -0.2) is 20.7 Å². The number of ether oxygens (including phenoxy) is 1. The van der Waals surface area contributed by atoms with Crippen LogP contribution in [0.5, 0.6) is 5.75 Å². The summed E-state index contributed by atoms with van der Waals surface area (Å²) in [5, 5.41) is 0.145. The van der Waals surface area contributed by atoms with Gasteiger partial charge in [0.25, 0.3) is 0 Å². The molecule has 28 heavy (non-hydrogen) atoms. The van der Waals surface area contributed by atoms with E-state index in [4.69, 9.17) is 9.16 Å². The third-order valence-corrected chi connectivity index (χ3v) is 10.1. The largest absolute Gasteiger partial charge is 0.489 e. The Hall–Kier alpha value is -1.91. The van der Waals surface area contributed by atoms with E-state index in [0.29, 0.717) is 13.0 Å². The molecule has 0 aliphatic rings. The zero-order chi connectivity index (χ0) is 20.6. The van der Waals surface area contributed by atoms with Crippen LogP contribution in [0.4, 0.5) is 0 Å². The van der Waals surface area contributed by atoms with E-state index in [9.17, 15) is 4.79 Å². The minimum Gasteiger partial charge on any atom is -0.489 e. The van der Waals surface area contributed by atoms with Crippen LogP contribution < -0.4 is 4.74 Å². The highest BCUT2D eigenvalue weighted by atomic mass is 28.4. The predicted molar refractivity (Wildman–Crippen MR) is 118 cm³/mol. The average molecular weight is 399 g/mol. The lowest BCUT2D eigenvalue weighted by Gasteiger charge is -2.39. The Morgan fingerprint density at radius 1 is 0.964 bits per heavy atom. The number of aryl methyl sites for hydroxylation is 1. The van der Waals surface area contributed by atoms with Gasteiger partial charge in [-0.1, -0.05) is 63.2 Å². The van der Waals surface area contributed by atoms with Gasteiger partial charge >= 0.3 is 0 Å². The molecule has 0 heterocycles. The van der Waals surface area contributed by atoms with Gasteiger partial charge in [0, 0.05) is 6.42 Å². The van der Waals surface area contributed by atoms with E-state index >= 15 is 0 Å². The maximum absolute atomic E-state index is 11.1. The Bertz CT molecular complexity index is 718. The van der Waals surface area contributed by atoms with Gasteiger partial charge in [0.1, 0.15) is 18.6 Å². The summed E-state index contributed by atoms with van der Waals surface area (Å²) in [6.45, 7) is 11.7. The molecule has 0 saturated carbocycles. The van der Waals surface area contributed by atoms with Gasteiger partial charge in [0.05, 0.1) is 6.10 Å². The van der Waals surface area contributed by atoms with Crippen LogP contribution in [0.25, 0.3) is 0 Å². The smallest absolute Gasteiger partial charge is 0.192 e. The van der Waals surface area contributed by atoms with Crippen LogP contribution in [-0.2, 0) is 22.2 Å². The van der Waals surface area contributed by atoms with Gasteiger partial charge in [-0.3, -0.25) is 0 Å². The molecule has 3 nitrogen and oxygen atoms in total. The number of hydrogen-bond acceptors (Lipinski definition) is 3. The molecular weight excluding hydrogens is 364 g/mol. The lowest BCUT2D eigenvalue weighted by atomic mass is 10.1. The maximum atomic E-state index is 11.1. The summed E-state index contributed by atoms with van der Waals surface area (Å²) in [4.78, 5) is 11.1. The van der Waals surface area contributed by atoms with E-state index in [1.54, 1.807) is 0 Å². The van der Waals surface area contributed by atoms with E-state index in [0.717, 1.165) is 30.4 Å². The van der Waals surface area contributed by atoms with E-state index in [2.05, 4.69) is 58.1 Å². The summed E-state index contributed by atoms with van der Waals surface area (Å²) in [5.41, 5.74) is 2.40. The van der Waals surface area contributed by atoms with Gasteiger partial charge in [0.2, 0.25) is 0 Å². The molecule has 0 fully saturated rings. The molecule has 2 aromatic rings. The fourth-order valence-corrected chi connectivity index (χ4v) is 4.15. The molecule has 0 amide bonds. The van der Waals surface area contributed by atoms with Crippen molar-refractivity contribution in [1.82, 2.24) is 0 Å². The van der Waals surface area contributed by atoms with Crippen molar-refractivity contribution >= 4 is 14.6 Å². The standard InChI is InChI=1S/C24H34O3Si/c1-24(2,3)28(4,5)27-23(17-18-25)16-13-20-11-14-22(15-12-20)26-19-21-9-7-6-8-10-21/h6-12,14-15,18,23H,13,16-17,19H2,1-5H3/t23-/m0/s1. The van der Waals surface area contributed by atoms with Crippen LogP contribution in [0.2, 0.25) is 18.1 Å². The molecule has 0 N–H and O–H groups in total. The van der Waals surface area contributed by atoms with Crippen LogP contribution >= 0.6 is 0 Å². The second-order valence-corrected chi connectivity index (χ2v) is 13.6. The van der Waals surface area contributed by atoms with E-state index < -0.39 is 8.32 Å². The minimum atomic E-state index is -1.87. The van der Waals surface area contributed by atoms with Crippen LogP contribution in [0, 0.1) is 0 Å². The molecule has 4 heteroatoms. The minimum absolute atomic E-state index is 0.00704. The normalized spacial score (nSPS) is 13.2. The second-order valence-electron chi connectivity index (χ2n) is 8.86. The molecule has 152 valence electrons. The van der Waals surface area contributed by atoms with Gasteiger partial charge < -0.3 is 14.0 Å². The van der Waals surface area contributed by atoms with Crippen molar-refractivity contribution in [3.8, 4) is 5.75 Å². The van der Waals surface area contributed by atoms with Crippen molar-refractivity contribution in [2.75, 3.05) is 0 Å². The first-order valence-electron chi connectivity index (χ1n) is 10.1. The zero-order valence-electron chi connectivity index (χ0n) is 17.9. The second kappa shape index (κ2) is 10.0. The monoisotopic (exact) mass is 398 g/mol. The topological polar surface area (TPSA) is 35.5 Å². The van der Waals surface area contributed by atoms with Crippen molar-refractivity contribution < 1.29 is 14.0 Å². The van der Waals surface area contributed by atoms with E-state index in [-0.39, 0.29) is 11.1 Å². The van der Waals surface area contributed by atoms with Gasteiger partial charge in [-0.25, -0.2) is 0 Å². The van der Waals surface area contributed by atoms with Gasteiger partial charge in [0.15, 0.2) is 8.32 Å². The van der Waals surface area contributed by atoms with Gasteiger partial charge in [-0.2, -0.15) is 0 Å². The van der Waals surface area contributed by atoms with E-state index in [1.165, 1.54) is 5.56 Å². The summed E-state index contributed by atoms with van der Waals surface area (Å²) in [6.07, 6.45) is 3.19. The number of rotatable bonds is 10. The highest BCUT2D eigenvalue weighted by Crippen LogP contribution is 2.38. The van der Waals surface area contributed by atoms with Crippen molar-refractivity contribution in [2.45, 2.75) is 70.9 Å². The zero-order valence-corrected chi connectivity index (χ0v) is 18.9. The first-order valence-corrected chi connectivity index (χ1v) is 13.0. The molecule has 0 aliphatic carbocycles. The number of hydrogen-bond donors (Lipinski definition) is 0. The Kier molecular flexibility index (Phi) is 8.02. The fraction of sp³-hybridized carbons (Fsp3) is 0.458. The highest BCUT2D eigenvalue weighted by molar-refractivity contribution is 6.74. The Morgan fingerprint density at radius 3 is 2.18 bits per heavy atom. The SMILES string of the molecule is CC(C)(C)[Si](C)(C)O[C@H](CC=O)CCc1ccc(OCc2ccccc2)cc1. The summed E-state index contributed by atoms with van der Waals surface area (Å²) in [7, 11) is -1.87. The Labute approximate surface area is 171 Å². The molecule has 1 atom stereocenters. The van der Waals surface area contributed by atoms with Crippen LogP contribution in [0.15, 0.2) is 54.6 Å². The average Bonchev–Trinajstić information content (AvgIpc) is 2.65. The molecule has 2 aromatic carbocycles.